The van der Waals surface area contributed by atoms with Crippen molar-refractivity contribution in [3.8, 4) is 11.5 Å². The van der Waals surface area contributed by atoms with Gasteiger partial charge in [-0.25, -0.2) is 9.59 Å². The Balaban J connectivity index is 0.000000658. The SMILES string of the molecule is C=C(C(=O)OC)C(O)c1ccc(OC)cc1.C=C(C(=O)OC)C(OC(C)=O)c1ccc(OC)cc1.CC(=O)Cl. The Hall–Kier alpha value is -4.15. The third-order valence-electron chi connectivity index (χ3n) is 4.68. The molecule has 0 radical (unpaired) electrons. The highest BCUT2D eigenvalue weighted by molar-refractivity contribution is 6.62. The van der Waals surface area contributed by atoms with Crippen LogP contribution in [0.3, 0.4) is 0 Å². The third-order valence-corrected chi connectivity index (χ3v) is 4.68. The van der Waals surface area contributed by atoms with Crippen LogP contribution in [-0.4, -0.2) is 56.7 Å². The van der Waals surface area contributed by atoms with Gasteiger partial charge in [0.05, 0.1) is 39.6 Å². The number of rotatable bonds is 9. The summed E-state index contributed by atoms with van der Waals surface area (Å²) in [6, 6.07) is 13.5. The van der Waals surface area contributed by atoms with Crippen LogP contribution in [-0.2, 0) is 33.4 Å². The minimum absolute atomic E-state index is 0.00710. The van der Waals surface area contributed by atoms with E-state index in [1.807, 2.05) is 0 Å². The smallest absolute Gasteiger partial charge is 0.337 e. The Morgan fingerprint density at radius 1 is 0.718 bits per heavy atom. The van der Waals surface area contributed by atoms with Crippen LogP contribution in [0.1, 0.15) is 37.2 Å². The van der Waals surface area contributed by atoms with Gasteiger partial charge in [0.2, 0.25) is 5.24 Å². The Kier molecular flexibility index (Phi) is 16.2. The molecule has 0 fully saturated rings. The van der Waals surface area contributed by atoms with Crippen LogP contribution in [0.15, 0.2) is 72.8 Å². The van der Waals surface area contributed by atoms with Gasteiger partial charge in [0.15, 0.2) is 6.10 Å². The highest BCUT2D eigenvalue weighted by Crippen LogP contribution is 2.27. The molecule has 0 heterocycles. The van der Waals surface area contributed by atoms with Gasteiger partial charge in [-0.2, -0.15) is 0 Å². The van der Waals surface area contributed by atoms with Crippen molar-refractivity contribution in [1.29, 1.82) is 0 Å². The molecule has 2 rings (SSSR count). The molecule has 0 aromatic heterocycles. The van der Waals surface area contributed by atoms with Crippen LogP contribution in [0.5, 0.6) is 11.5 Å². The molecule has 0 aliphatic heterocycles. The number of aliphatic hydroxyl groups excluding tert-OH is 1. The van der Waals surface area contributed by atoms with Crippen molar-refractivity contribution in [1.82, 2.24) is 0 Å². The van der Waals surface area contributed by atoms with Crippen molar-refractivity contribution in [2.24, 2.45) is 0 Å². The number of hydrogen-bond donors (Lipinski definition) is 1. The second kappa shape index (κ2) is 18.2. The number of benzene rings is 2. The van der Waals surface area contributed by atoms with E-state index in [0.29, 0.717) is 22.6 Å². The number of hydrogen-bond acceptors (Lipinski definition) is 10. The van der Waals surface area contributed by atoms with E-state index in [1.165, 1.54) is 28.1 Å². The number of halogens is 1. The zero-order valence-electron chi connectivity index (χ0n) is 22.7. The molecule has 2 unspecified atom stereocenters. The van der Waals surface area contributed by atoms with Gasteiger partial charge in [-0.3, -0.25) is 9.59 Å². The average molecular weight is 565 g/mol. The first-order chi connectivity index (χ1) is 18.3. The third kappa shape index (κ3) is 12.8. The summed E-state index contributed by atoms with van der Waals surface area (Å²) in [5, 5.41) is 9.45. The fraction of sp³-hybridized carbons (Fsp3) is 0.286. The van der Waals surface area contributed by atoms with Gasteiger partial charge in [-0.05, 0) is 47.0 Å². The standard InChI is InChI=1S/C14H16O5.C12H14O4.C2H3ClO/c1-9(14(16)18-4)13(19-10(2)15)11-5-7-12(17-3)8-6-11;1-8(12(14)16-3)11(13)9-4-6-10(15-2)7-5-9;1-2(3)4/h5-8,13H,1H2,2-4H3;4-7,11,13H,1H2,2-3H3;1H3. The predicted octanol–water partition coefficient (Wildman–Crippen LogP) is 4.26. The van der Waals surface area contributed by atoms with Crippen molar-refractivity contribution in [3.63, 3.8) is 0 Å². The van der Waals surface area contributed by atoms with Crippen molar-refractivity contribution < 1.29 is 48.0 Å². The van der Waals surface area contributed by atoms with Crippen molar-refractivity contribution >= 4 is 34.8 Å². The number of carbonyl (C=O) groups excluding carboxylic acids is 4. The summed E-state index contributed by atoms with van der Waals surface area (Å²) in [5.74, 6) is -0.412. The lowest BCUT2D eigenvalue weighted by molar-refractivity contribution is -0.147. The molecule has 1 N–H and O–H groups in total. The maximum atomic E-state index is 11.5. The highest BCUT2D eigenvalue weighted by Gasteiger charge is 2.24. The summed E-state index contributed by atoms with van der Waals surface area (Å²) in [7, 11) is 5.59. The predicted molar refractivity (Wildman–Crippen MR) is 144 cm³/mol. The van der Waals surface area contributed by atoms with Crippen molar-refractivity contribution in [2.75, 3.05) is 28.4 Å². The van der Waals surface area contributed by atoms with Gasteiger partial charge >= 0.3 is 17.9 Å². The zero-order chi connectivity index (χ0) is 30.1. The second-order valence-corrected chi connectivity index (χ2v) is 7.97. The lowest BCUT2D eigenvalue weighted by Crippen LogP contribution is -2.17. The summed E-state index contributed by atoms with van der Waals surface area (Å²) in [4.78, 5) is 43.0. The van der Waals surface area contributed by atoms with E-state index in [1.54, 1.807) is 62.8 Å². The van der Waals surface area contributed by atoms with E-state index in [-0.39, 0.29) is 16.4 Å². The Bertz CT molecular complexity index is 1120. The van der Waals surface area contributed by atoms with Crippen molar-refractivity contribution in [3.05, 3.63) is 84.0 Å². The summed E-state index contributed by atoms with van der Waals surface area (Å²) >= 11 is 4.64. The number of methoxy groups -OCH3 is 4. The highest BCUT2D eigenvalue weighted by atomic mass is 35.5. The molecule has 39 heavy (non-hydrogen) atoms. The van der Waals surface area contributed by atoms with Gasteiger partial charge in [-0.15, -0.1) is 0 Å². The molecule has 0 bridgehead atoms. The lowest BCUT2D eigenvalue weighted by atomic mass is 10.0. The van der Waals surface area contributed by atoms with Crippen LogP contribution in [0, 0.1) is 0 Å². The van der Waals surface area contributed by atoms with E-state index >= 15 is 0 Å². The minimum atomic E-state index is -1.06. The minimum Gasteiger partial charge on any atom is -0.497 e. The first-order valence-corrected chi connectivity index (χ1v) is 11.5. The van der Waals surface area contributed by atoms with E-state index in [9.17, 15) is 24.3 Å². The maximum absolute atomic E-state index is 11.5. The molecular formula is C28H33ClO10. The lowest BCUT2D eigenvalue weighted by Gasteiger charge is -2.18. The topological polar surface area (TPSA) is 135 Å². The molecular weight excluding hydrogens is 532 g/mol. The van der Waals surface area contributed by atoms with Crippen LogP contribution < -0.4 is 9.47 Å². The Morgan fingerprint density at radius 2 is 1.08 bits per heavy atom. The molecule has 0 saturated heterocycles. The summed E-state index contributed by atoms with van der Waals surface area (Å²) in [6.07, 6.45) is -1.92. The summed E-state index contributed by atoms with van der Waals surface area (Å²) in [5.41, 5.74) is 1.25. The molecule has 0 spiro atoms. The summed E-state index contributed by atoms with van der Waals surface area (Å²) < 4.78 is 24.2. The number of aliphatic hydroxyl groups is 1. The fourth-order valence-electron chi connectivity index (χ4n) is 2.75. The molecule has 0 aliphatic rings. The largest absolute Gasteiger partial charge is 0.497 e. The number of carbonyl (C=O) groups is 4. The van der Waals surface area contributed by atoms with Crippen LogP contribution >= 0.6 is 11.6 Å². The Morgan fingerprint density at radius 3 is 1.41 bits per heavy atom. The van der Waals surface area contributed by atoms with Crippen LogP contribution in [0.2, 0.25) is 0 Å². The maximum Gasteiger partial charge on any atom is 0.337 e. The molecule has 0 saturated carbocycles. The van der Waals surface area contributed by atoms with Gasteiger partial charge < -0.3 is 28.8 Å². The van der Waals surface area contributed by atoms with E-state index in [0.717, 1.165) is 0 Å². The molecule has 212 valence electrons. The molecule has 10 nitrogen and oxygen atoms in total. The Labute approximate surface area is 232 Å². The van der Waals surface area contributed by atoms with Gasteiger partial charge in [0, 0.05) is 13.8 Å². The number of ether oxygens (including phenoxy) is 5. The summed E-state index contributed by atoms with van der Waals surface area (Å²) in [6.45, 7) is 9.66. The van der Waals surface area contributed by atoms with Gasteiger partial charge in [0.1, 0.15) is 17.6 Å². The molecule has 0 aliphatic carbocycles. The first-order valence-electron chi connectivity index (χ1n) is 11.2. The van der Waals surface area contributed by atoms with E-state index in [4.69, 9.17) is 14.2 Å². The normalized spacial score (nSPS) is 11.0. The molecule has 0 amide bonds. The molecule has 2 atom stereocenters. The van der Waals surface area contributed by atoms with Gasteiger partial charge in [0.25, 0.3) is 0 Å². The number of esters is 3. The zero-order valence-corrected chi connectivity index (χ0v) is 23.4. The first kappa shape index (κ1) is 34.9. The average Bonchev–Trinajstić information content (AvgIpc) is 2.93. The monoisotopic (exact) mass is 564 g/mol. The van der Waals surface area contributed by atoms with Crippen molar-refractivity contribution in [2.45, 2.75) is 26.1 Å². The molecule has 2 aromatic rings. The quantitative estimate of drug-likeness (QED) is 0.204. The van der Waals surface area contributed by atoms with E-state index in [2.05, 4.69) is 34.2 Å². The molecule has 2 aromatic carbocycles. The van der Waals surface area contributed by atoms with Crippen LogP contribution in [0.4, 0.5) is 0 Å². The second-order valence-electron chi connectivity index (χ2n) is 7.44. The van der Waals surface area contributed by atoms with Gasteiger partial charge in [-0.1, -0.05) is 37.4 Å². The van der Waals surface area contributed by atoms with Crippen LogP contribution in [0.25, 0.3) is 0 Å². The van der Waals surface area contributed by atoms with E-state index < -0.39 is 30.1 Å². The fourth-order valence-corrected chi connectivity index (χ4v) is 2.75. The molecule has 11 heteroatoms.